The molecule has 0 unspecified atom stereocenters. The number of nitrogens with zero attached hydrogens (tertiary/aromatic N) is 3. The SMILES string of the molecule is Cc1cccc(-c2nc3ccc(N=C=S)cc3[nH]2)n1. The van der Waals surface area contributed by atoms with Gasteiger partial charge in [-0.1, -0.05) is 6.07 Å². The standard InChI is InChI=1S/C14H10N4S/c1-9-3-2-4-12(16-9)14-17-11-6-5-10(15-8-19)7-13(11)18-14/h2-7H,1H3,(H,17,18). The Kier molecular flexibility index (Phi) is 2.91. The molecule has 19 heavy (non-hydrogen) atoms. The van der Waals surface area contributed by atoms with Crippen molar-refractivity contribution in [2.24, 2.45) is 4.99 Å². The van der Waals surface area contributed by atoms with Gasteiger partial charge in [0.1, 0.15) is 5.69 Å². The van der Waals surface area contributed by atoms with Crippen molar-refractivity contribution < 1.29 is 0 Å². The summed E-state index contributed by atoms with van der Waals surface area (Å²) in [4.78, 5) is 16.2. The van der Waals surface area contributed by atoms with Crippen LogP contribution in [-0.2, 0) is 0 Å². The number of imidazole rings is 1. The molecule has 1 N–H and O–H groups in total. The minimum absolute atomic E-state index is 0.752. The van der Waals surface area contributed by atoms with Crippen LogP contribution in [0.3, 0.4) is 0 Å². The van der Waals surface area contributed by atoms with Gasteiger partial charge < -0.3 is 4.98 Å². The second-order valence-corrected chi connectivity index (χ2v) is 4.34. The highest BCUT2D eigenvalue weighted by Crippen LogP contribution is 2.22. The van der Waals surface area contributed by atoms with Gasteiger partial charge in [0.2, 0.25) is 0 Å². The second kappa shape index (κ2) is 4.72. The molecule has 0 bridgehead atoms. The van der Waals surface area contributed by atoms with E-state index in [1.54, 1.807) is 0 Å². The van der Waals surface area contributed by atoms with Gasteiger partial charge in [-0.25, -0.2) is 9.97 Å². The minimum atomic E-state index is 0.752. The molecule has 0 saturated carbocycles. The zero-order valence-corrected chi connectivity index (χ0v) is 11.0. The van der Waals surface area contributed by atoms with Crippen LogP contribution >= 0.6 is 12.2 Å². The summed E-state index contributed by atoms with van der Waals surface area (Å²) in [5.74, 6) is 0.752. The Hall–Kier alpha value is -2.36. The van der Waals surface area contributed by atoms with E-state index in [0.29, 0.717) is 0 Å². The van der Waals surface area contributed by atoms with E-state index in [9.17, 15) is 0 Å². The molecule has 2 aromatic heterocycles. The van der Waals surface area contributed by atoms with Crippen LogP contribution in [0.25, 0.3) is 22.6 Å². The first kappa shape index (κ1) is 11.7. The number of aliphatic imine (C=N–C) groups is 1. The molecule has 0 atom stereocenters. The predicted octanol–water partition coefficient (Wildman–Crippen LogP) is 3.67. The molecule has 0 aliphatic heterocycles. The molecule has 0 radical (unpaired) electrons. The topological polar surface area (TPSA) is 53.9 Å². The van der Waals surface area contributed by atoms with Gasteiger partial charge in [0.15, 0.2) is 5.82 Å². The molecule has 4 nitrogen and oxygen atoms in total. The van der Waals surface area contributed by atoms with Gasteiger partial charge in [-0.3, -0.25) is 0 Å². The van der Waals surface area contributed by atoms with E-state index in [1.165, 1.54) is 0 Å². The summed E-state index contributed by atoms with van der Waals surface area (Å²) in [6, 6.07) is 11.5. The van der Waals surface area contributed by atoms with Crippen LogP contribution < -0.4 is 0 Å². The highest BCUT2D eigenvalue weighted by Gasteiger charge is 2.06. The van der Waals surface area contributed by atoms with Crippen LogP contribution in [-0.4, -0.2) is 20.1 Å². The number of H-pyrrole nitrogens is 1. The number of isothiocyanates is 1. The number of pyridine rings is 1. The van der Waals surface area contributed by atoms with Crippen LogP contribution in [0.15, 0.2) is 41.4 Å². The molecule has 0 spiro atoms. The Morgan fingerprint density at radius 3 is 2.89 bits per heavy atom. The highest BCUT2D eigenvalue weighted by atomic mass is 32.1. The van der Waals surface area contributed by atoms with Crippen molar-refractivity contribution in [3.63, 3.8) is 0 Å². The summed E-state index contributed by atoms with van der Waals surface area (Å²) < 4.78 is 0. The first-order valence-electron chi connectivity index (χ1n) is 5.78. The molecule has 1 aromatic carbocycles. The van der Waals surface area contributed by atoms with Crippen LogP contribution in [0.5, 0.6) is 0 Å². The molecule has 0 amide bonds. The quantitative estimate of drug-likeness (QED) is 0.568. The molecule has 0 aliphatic rings. The highest BCUT2D eigenvalue weighted by molar-refractivity contribution is 7.78. The monoisotopic (exact) mass is 266 g/mol. The maximum absolute atomic E-state index is 4.60. The Balaban J connectivity index is 2.13. The van der Waals surface area contributed by atoms with Gasteiger partial charge in [0.25, 0.3) is 0 Å². The molecule has 0 fully saturated rings. The number of hydrogen-bond donors (Lipinski definition) is 1. The molecule has 5 heteroatoms. The maximum atomic E-state index is 4.60. The first-order valence-corrected chi connectivity index (χ1v) is 6.19. The van der Waals surface area contributed by atoms with Crippen molar-refractivity contribution in [1.29, 1.82) is 0 Å². The normalized spacial score (nSPS) is 10.4. The summed E-state index contributed by atoms with van der Waals surface area (Å²) >= 11 is 4.60. The summed E-state index contributed by atoms with van der Waals surface area (Å²) in [5, 5.41) is 2.36. The van der Waals surface area contributed by atoms with E-state index in [2.05, 4.69) is 37.3 Å². The van der Waals surface area contributed by atoms with E-state index >= 15 is 0 Å². The maximum Gasteiger partial charge on any atom is 0.157 e. The van der Waals surface area contributed by atoms with Crippen molar-refractivity contribution in [3.8, 4) is 11.5 Å². The summed E-state index contributed by atoms with van der Waals surface area (Å²) in [5.41, 5.74) is 4.33. The second-order valence-electron chi connectivity index (χ2n) is 4.15. The smallest absolute Gasteiger partial charge is 0.157 e. The number of thiocarbonyl (C=S) groups is 1. The van der Waals surface area contributed by atoms with Crippen molar-refractivity contribution in [3.05, 3.63) is 42.1 Å². The Bertz CT molecular complexity index is 800. The molecule has 92 valence electrons. The van der Waals surface area contributed by atoms with Crippen LogP contribution in [0.1, 0.15) is 5.69 Å². The third-order valence-corrected chi connectivity index (χ3v) is 2.86. The van der Waals surface area contributed by atoms with Crippen LogP contribution in [0.2, 0.25) is 0 Å². The summed E-state index contributed by atoms with van der Waals surface area (Å²) in [7, 11) is 0. The number of hydrogen-bond acceptors (Lipinski definition) is 4. The van der Waals surface area contributed by atoms with Crippen LogP contribution in [0.4, 0.5) is 5.69 Å². The molecular weight excluding hydrogens is 256 g/mol. The van der Waals surface area contributed by atoms with Gasteiger partial charge in [0.05, 0.1) is 21.9 Å². The van der Waals surface area contributed by atoms with Gasteiger partial charge in [-0.05, 0) is 49.5 Å². The largest absolute Gasteiger partial charge is 0.337 e. The number of aromatic amines is 1. The lowest BCUT2D eigenvalue weighted by Gasteiger charge is -1.96. The molecule has 3 rings (SSSR count). The van der Waals surface area contributed by atoms with Gasteiger partial charge >= 0.3 is 0 Å². The van der Waals surface area contributed by atoms with E-state index in [0.717, 1.165) is 33.9 Å². The van der Waals surface area contributed by atoms with Gasteiger partial charge in [-0.2, -0.15) is 4.99 Å². The van der Waals surface area contributed by atoms with Gasteiger partial charge in [0, 0.05) is 5.69 Å². The Morgan fingerprint density at radius 2 is 2.11 bits per heavy atom. The Morgan fingerprint density at radius 1 is 1.21 bits per heavy atom. The van der Waals surface area contributed by atoms with Crippen molar-refractivity contribution in [2.45, 2.75) is 6.92 Å². The summed E-state index contributed by atoms with van der Waals surface area (Å²) in [6.07, 6.45) is 0. The number of nitrogens with one attached hydrogen (secondary N) is 1. The van der Waals surface area contributed by atoms with Crippen molar-refractivity contribution in [2.75, 3.05) is 0 Å². The van der Waals surface area contributed by atoms with Gasteiger partial charge in [-0.15, -0.1) is 0 Å². The average Bonchev–Trinajstić information content (AvgIpc) is 2.82. The third kappa shape index (κ3) is 2.29. The zero-order valence-electron chi connectivity index (χ0n) is 10.2. The summed E-state index contributed by atoms with van der Waals surface area (Å²) in [6.45, 7) is 1.96. The van der Waals surface area contributed by atoms with Crippen LogP contribution in [0, 0.1) is 6.92 Å². The number of rotatable bonds is 2. The van der Waals surface area contributed by atoms with E-state index in [-0.39, 0.29) is 0 Å². The zero-order chi connectivity index (χ0) is 13.2. The molecule has 3 aromatic rings. The molecule has 0 saturated heterocycles. The molecule has 2 heterocycles. The lowest BCUT2D eigenvalue weighted by Crippen LogP contribution is -1.87. The fourth-order valence-electron chi connectivity index (χ4n) is 1.92. The van der Waals surface area contributed by atoms with Crippen molar-refractivity contribution in [1.82, 2.24) is 15.0 Å². The lowest BCUT2D eigenvalue weighted by atomic mass is 10.3. The van der Waals surface area contributed by atoms with Crippen molar-refractivity contribution >= 4 is 34.1 Å². The Labute approximate surface area is 115 Å². The fourth-order valence-corrected chi connectivity index (χ4v) is 2.02. The fraction of sp³-hybridized carbons (Fsp3) is 0.0714. The molecule has 0 aliphatic carbocycles. The number of aromatic nitrogens is 3. The minimum Gasteiger partial charge on any atom is -0.337 e. The number of fused-ring (bicyclic) bond motifs is 1. The van der Waals surface area contributed by atoms with E-state index in [1.807, 2.05) is 43.3 Å². The first-order chi connectivity index (χ1) is 9.26. The third-order valence-electron chi connectivity index (χ3n) is 2.77. The van der Waals surface area contributed by atoms with E-state index < -0.39 is 0 Å². The number of aryl methyl sites for hydroxylation is 1. The average molecular weight is 266 g/mol. The lowest BCUT2D eigenvalue weighted by molar-refractivity contribution is 1.17. The van der Waals surface area contributed by atoms with E-state index in [4.69, 9.17) is 0 Å². The number of benzene rings is 1. The predicted molar refractivity (Wildman–Crippen MR) is 78.7 cm³/mol. The molecular formula is C14H10N4S.